The lowest BCUT2D eigenvalue weighted by Gasteiger charge is -2.48. The number of esters is 1. The van der Waals surface area contributed by atoms with Crippen molar-refractivity contribution in [2.45, 2.75) is 35.5 Å². The van der Waals surface area contributed by atoms with Gasteiger partial charge in [0.1, 0.15) is 11.4 Å². The SMILES string of the molecule is COC(=O)[C@]1(N)C(=O)N2[C@@H](C(=O)O)C(C)(C)S[C@@H]21. The zero-order valence-corrected chi connectivity index (χ0v) is 11.0. The molecule has 0 aromatic heterocycles. The maximum atomic E-state index is 12.0. The standard InChI is InChI=1S/C10H14N2O5S/c1-9(2)4(5(13)14)12-6(15)10(11,7(12)18-9)8(16)17-3/h4,7H,11H2,1-3H3,(H,13,14)/t4-,7+,10-/m0/s1. The molecule has 0 aromatic carbocycles. The Kier molecular flexibility index (Phi) is 2.64. The number of carboxylic acid groups (broad SMARTS) is 1. The van der Waals surface area contributed by atoms with Crippen molar-refractivity contribution in [1.29, 1.82) is 0 Å². The smallest absolute Gasteiger partial charge is 0.338 e. The molecule has 0 radical (unpaired) electrons. The maximum Gasteiger partial charge on any atom is 0.338 e. The molecular weight excluding hydrogens is 260 g/mol. The summed E-state index contributed by atoms with van der Waals surface area (Å²) < 4.78 is 3.82. The molecule has 1 amide bonds. The third-order valence-electron chi connectivity index (χ3n) is 3.34. The van der Waals surface area contributed by atoms with Crippen molar-refractivity contribution < 1.29 is 24.2 Å². The Morgan fingerprint density at radius 3 is 2.50 bits per heavy atom. The quantitative estimate of drug-likeness (QED) is 0.377. The maximum absolute atomic E-state index is 12.0. The molecule has 2 saturated heterocycles. The Balaban J connectivity index is 2.38. The molecule has 18 heavy (non-hydrogen) atoms. The van der Waals surface area contributed by atoms with Crippen LogP contribution < -0.4 is 5.73 Å². The van der Waals surface area contributed by atoms with Crippen molar-refractivity contribution in [3.63, 3.8) is 0 Å². The lowest BCUT2D eigenvalue weighted by atomic mass is 9.85. The van der Waals surface area contributed by atoms with Crippen molar-refractivity contribution in [2.24, 2.45) is 5.73 Å². The van der Waals surface area contributed by atoms with Crippen molar-refractivity contribution in [3.8, 4) is 0 Å². The number of methoxy groups -OCH3 is 1. The number of carbonyl (C=O) groups is 3. The Labute approximate surface area is 108 Å². The fourth-order valence-corrected chi connectivity index (χ4v) is 4.07. The minimum Gasteiger partial charge on any atom is -0.480 e. The van der Waals surface area contributed by atoms with E-state index < -0.39 is 39.5 Å². The number of ether oxygens (including phenoxy) is 1. The highest BCUT2D eigenvalue weighted by atomic mass is 32.2. The summed E-state index contributed by atoms with van der Waals surface area (Å²) >= 11 is 1.21. The molecule has 2 heterocycles. The van der Waals surface area contributed by atoms with Gasteiger partial charge in [-0.25, -0.2) is 9.59 Å². The summed E-state index contributed by atoms with van der Waals surface area (Å²) in [6, 6.07) is -0.985. The van der Waals surface area contributed by atoms with Crippen LogP contribution in [0, 0.1) is 0 Å². The van der Waals surface area contributed by atoms with Crippen LogP contribution in [-0.4, -0.2) is 56.7 Å². The molecule has 3 N–H and O–H groups in total. The fourth-order valence-electron chi connectivity index (χ4n) is 2.44. The summed E-state index contributed by atoms with van der Waals surface area (Å²) in [6.45, 7) is 3.42. The zero-order valence-electron chi connectivity index (χ0n) is 10.2. The number of aliphatic carboxylic acids is 1. The van der Waals surface area contributed by atoms with Crippen LogP contribution in [0.15, 0.2) is 0 Å². The van der Waals surface area contributed by atoms with E-state index in [1.165, 1.54) is 11.8 Å². The van der Waals surface area contributed by atoms with E-state index in [9.17, 15) is 19.5 Å². The van der Waals surface area contributed by atoms with Crippen LogP contribution in [0.4, 0.5) is 0 Å². The Hall–Kier alpha value is -1.28. The van der Waals surface area contributed by atoms with Gasteiger partial charge in [-0.05, 0) is 13.8 Å². The van der Waals surface area contributed by atoms with Crippen molar-refractivity contribution in [3.05, 3.63) is 0 Å². The van der Waals surface area contributed by atoms with Gasteiger partial charge >= 0.3 is 11.9 Å². The predicted octanol–water partition coefficient (Wildman–Crippen LogP) is -0.996. The first kappa shape index (κ1) is 13.2. The number of β-lactam (4-membered cyclic amide) rings is 1. The van der Waals surface area contributed by atoms with E-state index >= 15 is 0 Å². The Bertz CT molecular complexity index is 452. The van der Waals surface area contributed by atoms with E-state index in [1.54, 1.807) is 13.8 Å². The first-order valence-electron chi connectivity index (χ1n) is 5.28. The van der Waals surface area contributed by atoms with Crippen LogP contribution in [0.5, 0.6) is 0 Å². The number of rotatable bonds is 2. The summed E-state index contributed by atoms with van der Waals surface area (Å²) in [6.07, 6.45) is 0. The topological polar surface area (TPSA) is 110 Å². The molecule has 100 valence electrons. The summed E-state index contributed by atoms with van der Waals surface area (Å²) in [4.78, 5) is 36.0. The monoisotopic (exact) mass is 274 g/mol. The van der Waals surface area contributed by atoms with Gasteiger partial charge in [0.25, 0.3) is 5.91 Å². The molecule has 8 heteroatoms. The molecule has 0 unspecified atom stereocenters. The lowest BCUT2D eigenvalue weighted by molar-refractivity contribution is -0.176. The van der Waals surface area contributed by atoms with E-state index in [0.717, 1.165) is 12.0 Å². The van der Waals surface area contributed by atoms with E-state index in [1.807, 2.05) is 0 Å². The molecule has 2 aliphatic heterocycles. The molecule has 0 spiro atoms. The van der Waals surface area contributed by atoms with E-state index in [2.05, 4.69) is 4.74 Å². The molecule has 2 aliphatic rings. The van der Waals surface area contributed by atoms with Gasteiger partial charge in [-0.15, -0.1) is 11.8 Å². The molecule has 0 saturated carbocycles. The van der Waals surface area contributed by atoms with Gasteiger partial charge in [0.2, 0.25) is 5.54 Å². The Morgan fingerprint density at radius 1 is 1.50 bits per heavy atom. The van der Waals surface area contributed by atoms with Crippen molar-refractivity contribution in [2.75, 3.05) is 7.11 Å². The number of thioether (sulfide) groups is 1. The normalized spacial score (nSPS) is 36.9. The molecule has 2 rings (SSSR count). The molecule has 7 nitrogen and oxygen atoms in total. The van der Waals surface area contributed by atoms with Crippen LogP contribution in [0.25, 0.3) is 0 Å². The third-order valence-corrected chi connectivity index (χ3v) is 4.99. The highest BCUT2D eigenvalue weighted by Crippen LogP contribution is 2.54. The molecule has 0 aromatic rings. The largest absolute Gasteiger partial charge is 0.480 e. The minimum absolute atomic E-state index is 0.687. The van der Waals surface area contributed by atoms with Gasteiger partial charge in [0.05, 0.1) is 7.11 Å². The first-order valence-corrected chi connectivity index (χ1v) is 6.16. The average molecular weight is 274 g/mol. The molecule has 2 fully saturated rings. The van der Waals surface area contributed by atoms with Crippen LogP contribution in [0.1, 0.15) is 13.8 Å². The Morgan fingerprint density at radius 2 is 2.06 bits per heavy atom. The van der Waals surface area contributed by atoms with E-state index in [-0.39, 0.29) is 0 Å². The number of carboxylic acids is 1. The second-order valence-corrected chi connectivity index (χ2v) is 6.62. The zero-order chi connectivity index (χ0) is 13.9. The number of fused-ring (bicyclic) bond motifs is 1. The second-order valence-electron chi connectivity index (χ2n) is 4.89. The van der Waals surface area contributed by atoms with Crippen molar-refractivity contribution in [1.82, 2.24) is 4.90 Å². The number of nitrogens with zero attached hydrogens (tertiary/aromatic N) is 1. The number of amides is 1. The summed E-state index contributed by atoms with van der Waals surface area (Å²) in [7, 11) is 1.15. The number of nitrogens with two attached hydrogens (primary N) is 1. The lowest BCUT2D eigenvalue weighted by Crippen LogP contribution is -2.81. The summed E-state index contributed by atoms with van der Waals surface area (Å²) in [5.41, 5.74) is 4.03. The van der Waals surface area contributed by atoms with Crippen LogP contribution in [-0.2, 0) is 19.1 Å². The van der Waals surface area contributed by atoms with Gasteiger partial charge in [-0.1, -0.05) is 0 Å². The molecule has 0 bridgehead atoms. The number of hydrogen-bond acceptors (Lipinski definition) is 6. The molecule has 0 aliphatic carbocycles. The number of hydrogen-bond donors (Lipinski definition) is 2. The van der Waals surface area contributed by atoms with Crippen LogP contribution >= 0.6 is 11.8 Å². The highest BCUT2D eigenvalue weighted by Gasteiger charge is 2.73. The van der Waals surface area contributed by atoms with Gasteiger partial charge in [0, 0.05) is 4.75 Å². The van der Waals surface area contributed by atoms with Gasteiger partial charge in [-0.3, -0.25) is 4.79 Å². The highest BCUT2D eigenvalue weighted by molar-refractivity contribution is 8.01. The fraction of sp³-hybridized carbons (Fsp3) is 0.700. The average Bonchev–Trinajstić information content (AvgIpc) is 2.56. The first-order chi connectivity index (χ1) is 8.17. The summed E-state index contributed by atoms with van der Waals surface area (Å²) in [5.74, 6) is -2.62. The minimum atomic E-state index is -1.76. The van der Waals surface area contributed by atoms with Crippen molar-refractivity contribution >= 4 is 29.6 Å². The van der Waals surface area contributed by atoms with Gasteiger partial charge in [0.15, 0.2) is 0 Å². The second kappa shape index (κ2) is 3.61. The molecule has 3 atom stereocenters. The van der Waals surface area contributed by atoms with Crippen LogP contribution in [0.2, 0.25) is 0 Å². The van der Waals surface area contributed by atoms with Gasteiger partial charge < -0.3 is 20.5 Å². The van der Waals surface area contributed by atoms with Crippen LogP contribution in [0.3, 0.4) is 0 Å². The molecular formula is C10H14N2O5S. The van der Waals surface area contributed by atoms with E-state index in [4.69, 9.17) is 5.73 Å². The van der Waals surface area contributed by atoms with E-state index in [0.29, 0.717) is 0 Å². The summed E-state index contributed by atoms with van der Waals surface area (Å²) in [5, 5.41) is 8.50. The third kappa shape index (κ3) is 1.33. The number of carbonyl (C=O) groups excluding carboxylic acids is 2. The predicted molar refractivity (Wildman–Crippen MR) is 62.7 cm³/mol. The van der Waals surface area contributed by atoms with Gasteiger partial charge in [-0.2, -0.15) is 0 Å².